The third-order valence-electron chi connectivity index (χ3n) is 5.40. The largest absolute Gasteiger partial charge is 0.417 e. The van der Waals surface area contributed by atoms with Gasteiger partial charge in [-0.25, -0.2) is 4.98 Å². The lowest BCUT2D eigenvalue weighted by molar-refractivity contribution is -0.136. The third kappa shape index (κ3) is 4.03. The molecule has 1 fully saturated rings. The van der Waals surface area contributed by atoms with Crippen molar-refractivity contribution in [1.29, 1.82) is 0 Å². The Labute approximate surface area is 170 Å². The van der Waals surface area contributed by atoms with Crippen molar-refractivity contribution in [3.05, 3.63) is 41.0 Å². The van der Waals surface area contributed by atoms with E-state index in [9.17, 15) is 18.0 Å². The fraction of sp³-hybridized carbons (Fsp3) is 0.500. The van der Waals surface area contributed by atoms with Crippen LogP contribution in [0.2, 0.25) is 0 Å². The average molecular weight is 421 g/mol. The number of aromatic nitrogens is 4. The minimum Gasteiger partial charge on any atom is -0.342 e. The van der Waals surface area contributed by atoms with Crippen molar-refractivity contribution in [2.45, 2.75) is 51.7 Å². The van der Waals surface area contributed by atoms with Crippen LogP contribution in [0, 0.1) is 13.8 Å². The van der Waals surface area contributed by atoms with Gasteiger partial charge in [-0.1, -0.05) is 5.16 Å². The van der Waals surface area contributed by atoms with Gasteiger partial charge in [0.25, 0.3) is 5.71 Å². The molecule has 7 nitrogen and oxygen atoms in total. The lowest BCUT2D eigenvalue weighted by atomic mass is 9.91. The highest BCUT2D eigenvalue weighted by atomic mass is 19.4. The summed E-state index contributed by atoms with van der Waals surface area (Å²) >= 11 is 0. The van der Waals surface area contributed by atoms with Crippen molar-refractivity contribution in [1.82, 2.24) is 24.8 Å². The lowest BCUT2D eigenvalue weighted by Gasteiger charge is -2.32. The van der Waals surface area contributed by atoms with Gasteiger partial charge >= 0.3 is 6.18 Å². The molecule has 0 bridgehead atoms. The first-order valence-electron chi connectivity index (χ1n) is 9.84. The molecule has 4 rings (SSSR count). The Bertz CT molecular complexity index is 1070. The molecule has 1 saturated heterocycles. The summed E-state index contributed by atoms with van der Waals surface area (Å²) in [6.07, 6.45) is -1.13. The quantitative estimate of drug-likeness (QED) is 0.640. The van der Waals surface area contributed by atoms with Crippen LogP contribution in [0.4, 0.5) is 13.2 Å². The highest BCUT2D eigenvalue weighted by Crippen LogP contribution is 2.40. The van der Waals surface area contributed by atoms with E-state index in [1.165, 1.54) is 6.92 Å². The number of halogens is 3. The van der Waals surface area contributed by atoms with E-state index in [-0.39, 0.29) is 40.7 Å². The van der Waals surface area contributed by atoms with Gasteiger partial charge < -0.3 is 9.42 Å². The Kier molecular flexibility index (Phi) is 5.25. The zero-order valence-electron chi connectivity index (χ0n) is 16.7. The normalized spacial score (nSPS) is 17.6. The molecule has 1 aliphatic rings. The van der Waals surface area contributed by atoms with Gasteiger partial charge in [-0.2, -0.15) is 18.3 Å². The van der Waals surface area contributed by atoms with Crippen molar-refractivity contribution < 1.29 is 22.5 Å². The van der Waals surface area contributed by atoms with E-state index in [2.05, 4.69) is 15.2 Å². The van der Waals surface area contributed by atoms with Gasteiger partial charge in [0.2, 0.25) is 5.91 Å². The number of likely N-dealkylation sites (tertiary alicyclic amines) is 1. The predicted octanol–water partition coefficient (Wildman–Crippen LogP) is 3.85. The van der Waals surface area contributed by atoms with Crippen molar-refractivity contribution in [2.24, 2.45) is 0 Å². The molecule has 3 aromatic rings. The summed E-state index contributed by atoms with van der Waals surface area (Å²) in [5, 5.41) is 8.10. The Balaban J connectivity index is 1.54. The summed E-state index contributed by atoms with van der Waals surface area (Å²) in [4.78, 5) is 18.4. The first-order valence-corrected chi connectivity index (χ1v) is 9.84. The molecule has 1 unspecified atom stereocenters. The molecule has 0 radical (unpaired) electrons. The number of piperidine rings is 1. The highest BCUT2D eigenvalue weighted by Gasteiger charge is 2.38. The molecule has 1 aliphatic heterocycles. The fourth-order valence-corrected chi connectivity index (χ4v) is 3.98. The van der Waals surface area contributed by atoms with E-state index in [0.717, 1.165) is 11.8 Å². The van der Waals surface area contributed by atoms with Crippen LogP contribution in [-0.2, 0) is 17.5 Å². The van der Waals surface area contributed by atoms with Gasteiger partial charge in [-0.05, 0) is 38.8 Å². The first kappa shape index (κ1) is 20.4. The molecule has 1 atom stereocenters. The zero-order chi connectivity index (χ0) is 21.5. The van der Waals surface area contributed by atoms with E-state index in [1.807, 2.05) is 19.2 Å². The van der Waals surface area contributed by atoms with E-state index < -0.39 is 11.7 Å². The zero-order valence-corrected chi connectivity index (χ0v) is 16.7. The van der Waals surface area contributed by atoms with Gasteiger partial charge in [0.1, 0.15) is 0 Å². The molecule has 0 aromatic carbocycles. The monoisotopic (exact) mass is 421 g/mol. The molecule has 10 heteroatoms. The molecular weight excluding hydrogens is 399 g/mol. The summed E-state index contributed by atoms with van der Waals surface area (Å²) < 4.78 is 47.7. The van der Waals surface area contributed by atoms with Crippen LogP contribution in [0.15, 0.2) is 22.9 Å². The number of hydrogen-bond acceptors (Lipinski definition) is 5. The molecule has 3 aromatic heterocycles. The summed E-state index contributed by atoms with van der Waals surface area (Å²) in [5.74, 6) is -0.382. The molecule has 160 valence electrons. The molecule has 0 spiro atoms. The maximum atomic E-state index is 13.6. The fourth-order valence-electron chi connectivity index (χ4n) is 3.98. The van der Waals surface area contributed by atoms with E-state index in [0.29, 0.717) is 32.5 Å². The average Bonchev–Trinajstić information content (AvgIpc) is 3.30. The summed E-state index contributed by atoms with van der Waals surface area (Å²) in [5.41, 5.74) is 0.410. The van der Waals surface area contributed by atoms with Crippen LogP contribution in [-0.4, -0.2) is 43.8 Å². The highest BCUT2D eigenvalue weighted by molar-refractivity contribution is 5.82. The third-order valence-corrected chi connectivity index (χ3v) is 5.40. The number of pyridine rings is 1. The molecule has 0 saturated carbocycles. The number of rotatable bonds is 4. The smallest absolute Gasteiger partial charge is 0.342 e. The van der Waals surface area contributed by atoms with Gasteiger partial charge in [0.05, 0.1) is 22.3 Å². The number of hydrogen-bond donors (Lipinski definition) is 0. The predicted molar refractivity (Wildman–Crippen MR) is 102 cm³/mol. The van der Waals surface area contributed by atoms with Crippen LogP contribution >= 0.6 is 0 Å². The second-order valence-electron chi connectivity index (χ2n) is 7.71. The molecule has 0 aliphatic carbocycles. The Hall–Kier alpha value is -2.91. The molecular formula is C20H22F3N5O2. The van der Waals surface area contributed by atoms with Crippen molar-refractivity contribution in [3.8, 4) is 0 Å². The second-order valence-corrected chi connectivity index (χ2v) is 7.71. The van der Waals surface area contributed by atoms with Crippen LogP contribution in [0.1, 0.15) is 47.8 Å². The van der Waals surface area contributed by atoms with Crippen molar-refractivity contribution in [3.63, 3.8) is 0 Å². The topological polar surface area (TPSA) is 77.0 Å². The number of carbonyl (C=O) groups is 1. The Morgan fingerprint density at radius 2 is 2.10 bits per heavy atom. The van der Waals surface area contributed by atoms with E-state index in [4.69, 9.17) is 4.52 Å². The maximum Gasteiger partial charge on any atom is 0.417 e. The second kappa shape index (κ2) is 7.73. The van der Waals surface area contributed by atoms with Gasteiger partial charge in [-0.3, -0.25) is 9.48 Å². The molecule has 4 heterocycles. The van der Waals surface area contributed by atoms with Gasteiger partial charge in [0, 0.05) is 43.9 Å². The molecule has 1 amide bonds. The number of alkyl halides is 3. The number of nitrogens with zero attached hydrogens (tertiary/aromatic N) is 5. The number of aryl methyl sites for hydroxylation is 3. The summed E-state index contributed by atoms with van der Waals surface area (Å²) in [7, 11) is 0. The van der Waals surface area contributed by atoms with Gasteiger partial charge in [-0.15, -0.1) is 0 Å². The molecule has 0 N–H and O–H groups in total. The standard InChI is InChI=1S/C20H22F3N5O2/c1-12-5-8-28(25-12)9-6-16(29)27-7-3-4-14(11-27)18-17-15(20(21,22)23)10-13(2)24-19(17)30-26-18/h5,8,10,14H,3-4,6-7,9,11H2,1-2H3. The minimum atomic E-state index is -4.54. The van der Waals surface area contributed by atoms with E-state index in [1.54, 1.807) is 9.58 Å². The lowest BCUT2D eigenvalue weighted by Crippen LogP contribution is -2.39. The van der Waals surface area contributed by atoms with Gasteiger partial charge in [0.15, 0.2) is 0 Å². The van der Waals surface area contributed by atoms with E-state index >= 15 is 0 Å². The number of carbonyl (C=O) groups excluding carboxylic acids is 1. The number of amides is 1. The number of fused-ring (bicyclic) bond motifs is 1. The first-order chi connectivity index (χ1) is 14.2. The minimum absolute atomic E-state index is 0.0503. The summed E-state index contributed by atoms with van der Waals surface area (Å²) in [6.45, 7) is 4.71. The van der Waals surface area contributed by atoms with Crippen LogP contribution in [0.5, 0.6) is 0 Å². The summed E-state index contributed by atoms with van der Waals surface area (Å²) in [6, 6.07) is 2.88. The SMILES string of the molecule is Cc1cc(C(F)(F)F)c2c(C3CCCN(C(=O)CCn4ccc(C)n4)C3)noc2n1. The maximum absolute atomic E-state index is 13.6. The van der Waals surface area contributed by atoms with Crippen molar-refractivity contribution >= 4 is 17.0 Å². The van der Waals surface area contributed by atoms with Crippen LogP contribution < -0.4 is 0 Å². The van der Waals surface area contributed by atoms with Crippen LogP contribution in [0.3, 0.4) is 0 Å². The Morgan fingerprint density at radius 3 is 2.80 bits per heavy atom. The van der Waals surface area contributed by atoms with Crippen LogP contribution in [0.25, 0.3) is 11.1 Å². The Morgan fingerprint density at radius 1 is 1.30 bits per heavy atom. The van der Waals surface area contributed by atoms with Crippen molar-refractivity contribution in [2.75, 3.05) is 13.1 Å². The molecule has 30 heavy (non-hydrogen) atoms.